The van der Waals surface area contributed by atoms with Gasteiger partial charge in [0.1, 0.15) is 5.82 Å². The van der Waals surface area contributed by atoms with E-state index in [1.807, 2.05) is 0 Å². The Morgan fingerprint density at radius 3 is 2.53 bits per heavy atom. The Morgan fingerprint density at radius 2 is 2.00 bits per heavy atom. The van der Waals surface area contributed by atoms with Crippen LogP contribution in [0.2, 0.25) is 0 Å². The van der Waals surface area contributed by atoms with Gasteiger partial charge in [0.25, 0.3) is 0 Å². The summed E-state index contributed by atoms with van der Waals surface area (Å²) < 4.78 is 13.8. The van der Waals surface area contributed by atoms with Crippen LogP contribution in [-0.4, -0.2) is 12.6 Å². The monoisotopic (exact) mass is 238 g/mol. The molecule has 0 unspecified atom stereocenters. The van der Waals surface area contributed by atoms with Crippen LogP contribution in [0, 0.1) is 5.82 Å². The highest BCUT2D eigenvalue weighted by molar-refractivity contribution is 5.54. The number of nitrogen functional groups attached to an aromatic ring is 1. The van der Waals surface area contributed by atoms with Gasteiger partial charge < -0.3 is 10.6 Å². The third-order valence-corrected chi connectivity index (χ3v) is 2.91. The topological polar surface area (TPSA) is 29.3 Å². The number of nitrogens with two attached hydrogens (primary N) is 1. The minimum Gasteiger partial charge on any atom is -0.399 e. The molecule has 17 heavy (non-hydrogen) atoms. The molecule has 0 heterocycles. The molecule has 0 aliphatic rings. The molecule has 0 saturated heterocycles. The maximum absolute atomic E-state index is 13.8. The molecule has 2 nitrogen and oxygen atoms in total. The van der Waals surface area contributed by atoms with Gasteiger partial charge in [0.05, 0.1) is 5.69 Å². The molecule has 1 aromatic rings. The Bertz CT molecular complexity index is 350. The van der Waals surface area contributed by atoms with E-state index in [0.29, 0.717) is 17.4 Å². The van der Waals surface area contributed by atoms with Crippen LogP contribution in [0.4, 0.5) is 15.8 Å². The first-order chi connectivity index (χ1) is 8.06. The molecule has 0 aliphatic carbocycles. The number of hydrogen-bond acceptors (Lipinski definition) is 2. The van der Waals surface area contributed by atoms with E-state index in [1.165, 1.54) is 18.9 Å². The number of hydrogen-bond donors (Lipinski definition) is 1. The lowest BCUT2D eigenvalue weighted by Gasteiger charge is -2.29. The predicted molar refractivity (Wildman–Crippen MR) is 72.8 cm³/mol. The van der Waals surface area contributed by atoms with Crippen LogP contribution in [-0.2, 0) is 0 Å². The summed E-state index contributed by atoms with van der Waals surface area (Å²) in [6.45, 7) is 7.24. The Labute approximate surface area is 104 Å². The van der Waals surface area contributed by atoms with Crippen molar-refractivity contribution in [1.29, 1.82) is 0 Å². The van der Waals surface area contributed by atoms with Gasteiger partial charge in [0.15, 0.2) is 0 Å². The lowest BCUT2D eigenvalue weighted by molar-refractivity contribution is 0.584. The molecular weight excluding hydrogens is 215 g/mol. The standard InChI is InChI=1S/C14H23FN2/c1-4-5-6-9-17(11(2)3)14-8-7-12(16)10-13(14)15/h7-8,10-11H,4-6,9,16H2,1-3H3. The van der Waals surface area contributed by atoms with Gasteiger partial charge in [-0.15, -0.1) is 0 Å². The summed E-state index contributed by atoms with van der Waals surface area (Å²) in [6, 6.07) is 5.22. The zero-order chi connectivity index (χ0) is 12.8. The van der Waals surface area contributed by atoms with E-state index >= 15 is 0 Å². The van der Waals surface area contributed by atoms with E-state index in [4.69, 9.17) is 5.73 Å². The molecular formula is C14H23FN2. The molecule has 1 rings (SSSR count). The second-order valence-electron chi connectivity index (χ2n) is 4.71. The van der Waals surface area contributed by atoms with Crippen molar-refractivity contribution in [2.75, 3.05) is 17.2 Å². The predicted octanol–water partition coefficient (Wildman–Crippen LogP) is 3.81. The van der Waals surface area contributed by atoms with E-state index in [9.17, 15) is 4.39 Å². The quantitative estimate of drug-likeness (QED) is 0.603. The van der Waals surface area contributed by atoms with Crippen LogP contribution in [0.15, 0.2) is 18.2 Å². The van der Waals surface area contributed by atoms with Crippen LogP contribution in [0.5, 0.6) is 0 Å². The van der Waals surface area contributed by atoms with Crippen molar-refractivity contribution in [3.05, 3.63) is 24.0 Å². The zero-order valence-corrected chi connectivity index (χ0v) is 11.0. The number of unbranched alkanes of at least 4 members (excludes halogenated alkanes) is 2. The van der Waals surface area contributed by atoms with Crippen LogP contribution in [0.3, 0.4) is 0 Å². The second-order valence-corrected chi connectivity index (χ2v) is 4.71. The van der Waals surface area contributed by atoms with Gasteiger partial charge in [-0.05, 0) is 38.5 Å². The lowest BCUT2D eigenvalue weighted by atomic mass is 10.1. The van der Waals surface area contributed by atoms with Crippen LogP contribution in [0.1, 0.15) is 40.0 Å². The Balaban J connectivity index is 2.82. The maximum atomic E-state index is 13.8. The van der Waals surface area contributed by atoms with E-state index in [-0.39, 0.29) is 5.82 Å². The second kappa shape index (κ2) is 6.48. The fourth-order valence-electron chi connectivity index (χ4n) is 1.95. The minimum absolute atomic E-state index is 0.227. The average molecular weight is 238 g/mol. The highest BCUT2D eigenvalue weighted by Crippen LogP contribution is 2.24. The molecule has 2 N–H and O–H groups in total. The lowest BCUT2D eigenvalue weighted by Crippen LogP contribution is -2.32. The first-order valence-corrected chi connectivity index (χ1v) is 6.38. The number of halogens is 1. The fourth-order valence-corrected chi connectivity index (χ4v) is 1.95. The molecule has 1 aromatic carbocycles. The van der Waals surface area contributed by atoms with Gasteiger partial charge in [0, 0.05) is 18.3 Å². The molecule has 0 fully saturated rings. The summed E-state index contributed by atoms with van der Waals surface area (Å²) in [4.78, 5) is 2.10. The molecule has 0 bridgehead atoms. The first kappa shape index (κ1) is 13.8. The Hall–Kier alpha value is -1.25. The van der Waals surface area contributed by atoms with E-state index in [2.05, 4.69) is 25.7 Å². The SMILES string of the molecule is CCCCCN(c1ccc(N)cc1F)C(C)C. The fraction of sp³-hybridized carbons (Fsp3) is 0.571. The molecule has 3 heteroatoms. The molecule has 0 amide bonds. The smallest absolute Gasteiger partial charge is 0.148 e. The Morgan fingerprint density at radius 1 is 1.29 bits per heavy atom. The van der Waals surface area contributed by atoms with Gasteiger partial charge >= 0.3 is 0 Å². The van der Waals surface area contributed by atoms with Crippen molar-refractivity contribution in [2.45, 2.75) is 46.1 Å². The minimum atomic E-state index is -0.227. The van der Waals surface area contributed by atoms with Gasteiger partial charge in [-0.2, -0.15) is 0 Å². The zero-order valence-electron chi connectivity index (χ0n) is 11.0. The number of nitrogens with zero attached hydrogens (tertiary/aromatic N) is 1. The van der Waals surface area contributed by atoms with Crippen molar-refractivity contribution < 1.29 is 4.39 Å². The summed E-state index contributed by atoms with van der Waals surface area (Å²) in [6.07, 6.45) is 3.45. The molecule has 0 aliphatic heterocycles. The molecule has 0 spiro atoms. The van der Waals surface area contributed by atoms with Crippen LogP contribution >= 0.6 is 0 Å². The summed E-state index contributed by atoms with van der Waals surface area (Å²) in [5.74, 6) is -0.227. The number of benzene rings is 1. The van der Waals surface area contributed by atoms with Gasteiger partial charge in [-0.25, -0.2) is 4.39 Å². The molecule has 0 radical (unpaired) electrons. The molecule has 0 atom stereocenters. The first-order valence-electron chi connectivity index (χ1n) is 6.38. The van der Waals surface area contributed by atoms with E-state index in [0.717, 1.165) is 13.0 Å². The van der Waals surface area contributed by atoms with E-state index < -0.39 is 0 Å². The van der Waals surface area contributed by atoms with Gasteiger partial charge in [-0.3, -0.25) is 0 Å². The van der Waals surface area contributed by atoms with Gasteiger partial charge in [-0.1, -0.05) is 19.8 Å². The summed E-state index contributed by atoms with van der Waals surface area (Å²) in [5, 5.41) is 0. The van der Waals surface area contributed by atoms with Crippen molar-refractivity contribution in [1.82, 2.24) is 0 Å². The van der Waals surface area contributed by atoms with Gasteiger partial charge in [0.2, 0.25) is 0 Å². The van der Waals surface area contributed by atoms with Crippen molar-refractivity contribution in [3.63, 3.8) is 0 Å². The Kier molecular flexibility index (Phi) is 5.26. The summed E-state index contributed by atoms with van der Waals surface area (Å²) >= 11 is 0. The molecule has 96 valence electrons. The maximum Gasteiger partial charge on any atom is 0.148 e. The highest BCUT2D eigenvalue weighted by Gasteiger charge is 2.14. The number of rotatable bonds is 6. The third kappa shape index (κ3) is 3.91. The summed E-state index contributed by atoms with van der Waals surface area (Å²) in [5.41, 5.74) is 6.70. The number of anilines is 2. The van der Waals surface area contributed by atoms with E-state index in [1.54, 1.807) is 12.1 Å². The van der Waals surface area contributed by atoms with Crippen LogP contribution in [0.25, 0.3) is 0 Å². The largest absolute Gasteiger partial charge is 0.399 e. The summed E-state index contributed by atoms with van der Waals surface area (Å²) in [7, 11) is 0. The molecule has 0 aromatic heterocycles. The molecule has 0 saturated carbocycles. The van der Waals surface area contributed by atoms with Crippen molar-refractivity contribution >= 4 is 11.4 Å². The highest BCUT2D eigenvalue weighted by atomic mass is 19.1. The van der Waals surface area contributed by atoms with Crippen LogP contribution < -0.4 is 10.6 Å². The van der Waals surface area contributed by atoms with Crippen molar-refractivity contribution in [3.8, 4) is 0 Å². The average Bonchev–Trinajstić information content (AvgIpc) is 2.25. The third-order valence-electron chi connectivity index (χ3n) is 2.91. The van der Waals surface area contributed by atoms with Crippen molar-refractivity contribution in [2.24, 2.45) is 0 Å². The normalized spacial score (nSPS) is 10.9.